The van der Waals surface area contributed by atoms with E-state index in [9.17, 15) is 13.2 Å². The molecule has 36 heavy (non-hydrogen) atoms. The van der Waals surface area contributed by atoms with Crippen LogP contribution in [-0.2, 0) is 26.5 Å². The third-order valence-electron chi connectivity index (χ3n) is 8.55. The highest BCUT2D eigenvalue weighted by Crippen LogP contribution is 2.47. The van der Waals surface area contributed by atoms with Gasteiger partial charge in [-0.05, 0) is 65.5 Å². The summed E-state index contributed by atoms with van der Waals surface area (Å²) < 4.78 is 33.3. The van der Waals surface area contributed by atoms with Gasteiger partial charge in [-0.1, -0.05) is 11.6 Å². The Labute approximate surface area is 210 Å². The van der Waals surface area contributed by atoms with Crippen LogP contribution in [0.3, 0.4) is 0 Å². The van der Waals surface area contributed by atoms with E-state index in [2.05, 4.69) is 34.1 Å². The van der Waals surface area contributed by atoms with Crippen LogP contribution in [-0.4, -0.2) is 69.9 Å². The predicted molar refractivity (Wildman–Crippen MR) is 132 cm³/mol. The van der Waals surface area contributed by atoms with Gasteiger partial charge in [0.25, 0.3) is 0 Å². The van der Waals surface area contributed by atoms with Crippen LogP contribution < -0.4 is 0 Å². The van der Waals surface area contributed by atoms with Crippen molar-refractivity contribution in [2.24, 2.45) is 0 Å². The molecule has 3 atom stereocenters. The standard InChI is InChI=1S/C25H32N6O4S/c1-15(18-9-7-13-30(18)2)31-23-17(14-26-31)24(36(3,33)34)28-22(27-23)20-16-8-6-12-25(21(16)35-29-20)11-5-4-10-19(25)32/h14-15,18H,4-13H2,1-3H3/t15-,18-,25+/m0/s1. The van der Waals surface area contributed by atoms with Crippen molar-refractivity contribution in [3.05, 3.63) is 17.5 Å². The van der Waals surface area contributed by atoms with Gasteiger partial charge < -0.3 is 9.42 Å². The van der Waals surface area contributed by atoms with Crippen molar-refractivity contribution in [3.8, 4) is 11.5 Å². The summed E-state index contributed by atoms with van der Waals surface area (Å²) in [6.45, 7) is 3.12. The molecule has 3 aromatic heterocycles. The molecule has 2 fully saturated rings. The molecule has 3 aliphatic rings. The Morgan fingerprint density at radius 2 is 1.94 bits per heavy atom. The summed E-state index contributed by atoms with van der Waals surface area (Å²) in [5.41, 5.74) is 1.13. The molecule has 10 nitrogen and oxygen atoms in total. The van der Waals surface area contributed by atoms with Crippen molar-refractivity contribution in [2.75, 3.05) is 19.8 Å². The zero-order valence-electron chi connectivity index (χ0n) is 21.0. The largest absolute Gasteiger partial charge is 0.359 e. The second kappa shape index (κ2) is 8.44. The van der Waals surface area contributed by atoms with E-state index in [1.807, 2.05) is 4.68 Å². The summed E-state index contributed by atoms with van der Waals surface area (Å²) in [4.78, 5) is 24.7. The van der Waals surface area contributed by atoms with E-state index >= 15 is 0 Å². The third kappa shape index (κ3) is 3.53. The first kappa shape index (κ1) is 23.7. The maximum Gasteiger partial charge on any atom is 0.193 e. The molecular weight excluding hydrogens is 480 g/mol. The number of rotatable bonds is 4. The highest BCUT2D eigenvalue weighted by molar-refractivity contribution is 7.90. The van der Waals surface area contributed by atoms with Gasteiger partial charge in [-0.25, -0.2) is 23.1 Å². The molecular formula is C25H32N6O4S. The molecule has 1 saturated carbocycles. The molecule has 0 bridgehead atoms. The van der Waals surface area contributed by atoms with Crippen LogP contribution in [0.1, 0.15) is 75.7 Å². The maximum atomic E-state index is 13.1. The van der Waals surface area contributed by atoms with Crippen LogP contribution in [0.4, 0.5) is 0 Å². The highest BCUT2D eigenvalue weighted by Gasteiger charge is 2.48. The first-order valence-electron chi connectivity index (χ1n) is 12.9. The molecule has 192 valence electrons. The summed E-state index contributed by atoms with van der Waals surface area (Å²) in [5, 5.41) is 9.27. The molecule has 3 aromatic rings. The second-order valence-electron chi connectivity index (χ2n) is 10.8. The Bertz CT molecular complexity index is 1460. The van der Waals surface area contributed by atoms with Crippen LogP contribution >= 0.6 is 0 Å². The van der Waals surface area contributed by atoms with Crippen LogP contribution in [0, 0.1) is 0 Å². The van der Waals surface area contributed by atoms with Gasteiger partial charge in [-0.2, -0.15) is 5.10 Å². The quantitative estimate of drug-likeness (QED) is 0.484. The lowest BCUT2D eigenvalue weighted by Gasteiger charge is -2.36. The Balaban J connectivity index is 1.52. The van der Waals surface area contributed by atoms with E-state index in [0.29, 0.717) is 35.3 Å². The van der Waals surface area contributed by atoms with Gasteiger partial charge in [0.05, 0.1) is 23.0 Å². The summed E-state index contributed by atoms with van der Waals surface area (Å²) in [7, 11) is -1.57. The normalized spacial score (nSPS) is 26.1. The average molecular weight is 513 g/mol. The molecule has 0 N–H and O–H groups in total. The minimum absolute atomic E-state index is 0.000450. The average Bonchev–Trinajstić information content (AvgIpc) is 3.57. The number of carbonyl (C=O) groups is 1. The Hall–Kier alpha value is -2.66. The van der Waals surface area contributed by atoms with Crippen molar-refractivity contribution in [3.63, 3.8) is 0 Å². The number of carbonyl (C=O) groups excluding carboxylic acids is 1. The predicted octanol–water partition coefficient (Wildman–Crippen LogP) is 3.26. The van der Waals surface area contributed by atoms with E-state index in [-0.39, 0.29) is 28.7 Å². The number of hydrogen-bond acceptors (Lipinski definition) is 9. The number of ketones is 1. The number of likely N-dealkylation sites (N-methyl/N-ethyl adjacent to an activating group) is 1. The summed E-state index contributed by atoms with van der Waals surface area (Å²) >= 11 is 0. The van der Waals surface area contributed by atoms with E-state index in [1.165, 1.54) is 0 Å². The van der Waals surface area contributed by atoms with E-state index < -0.39 is 15.3 Å². The molecule has 6 rings (SSSR count). The summed E-state index contributed by atoms with van der Waals surface area (Å²) in [5.74, 6) is 1.06. The Morgan fingerprint density at radius 1 is 1.14 bits per heavy atom. The molecule has 11 heteroatoms. The monoisotopic (exact) mass is 512 g/mol. The maximum absolute atomic E-state index is 13.1. The summed E-state index contributed by atoms with van der Waals surface area (Å²) in [6.07, 6.45) is 10.4. The SMILES string of the molecule is C[C@@H]([C@@H]1CCCN1C)n1ncc2c(S(C)(=O)=O)nc(-c3noc4c3CCC[C@@]43CCCCC3=O)nc21. The molecule has 0 amide bonds. The summed E-state index contributed by atoms with van der Waals surface area (Å²) in [6, 6.07) is 0.282. The zero-order chi connectivity index (χ0) is 25.2. The van der Waals surface area contributed by atoms with Gasteiger partial charge in [-0.3, -0.25) is 4.79 Å². The number of aromatic nitrogens is 5. The van der Waals surface area contributed by atoms with Gasteiger partial charge in [-0.15, -0.1) is 0 Å². The third-order valence-corrected chi connectivity index (χ3v) is 9.56. The van der Waals surface area contributed by atoms with Crippen molar-refractivity contribution in [1.29, 1.82) is 0 Å². The van der Waals surface area contributed by atoms with Gasteiger partial charge in [0.15, 0.2) is 37.8 Å². The fraction of sp³-hybridized carbons (Fsp3) is 0.640. The van der Waals surface area contributed by atoms with Crippen LogP contribution in [0.15, 0.2) is 15.7 Å². The van der Waals surface area contributed by atoms with Gasteiger partial charge in [0.2, 0.25) is 0 Å². The molecule has 0 radical (unpaired) electrons. The minimum Gasteiger partial charge on any atom is -0.359 e. The van der Waals surface area contributed by atoms with Gasteiger partial charge in [0, 0.05) is 24.3 Å². The lowest BCUT2D eigenvalue weighted by Crippen LogP contribution is -2.41. The molecule has 2 aliphatic carbocycles. The Kier molecular flexibility index (Phi) is 5.56. The molecule has 1 spiro atoms. The lowest BCUT2D eigenvalue weighted by atomic mass is 9.64. The minimum atomic E-state index is -3.67. The fourth-order valence-corrected chi connectivity index (χ4v) is 7.46. The number of nitrogens with zero attached hydrogens (tertiary/aromatic N) is 6. The first-order chi connectivity index (χ1) is 17.2. The molecule has 0 unspecified atom stereocenters. The fourth-order valence-electron chi connectivity index (χ4n) is 6.66. The first-order valence-corrected chi connectivity index (χ1v) is 14.8. The number of sulfone groups is 1. The highest BCUT2D eigenvalue weighted by atomic mass is 32.2. The van der Waals surface area contributed by atoms with Crippen molar-refractivity contribution >= 4 is 26.7 Å². The Morgan fingerprint density at radius 3 is 2.67 bits per heavy atom. The number of Topliss-reactive ketones (excluding diaryl/α,β-unsaturated/α-hetero) is 1. The van der Waals surface area contributed by atoms with Crippen LogP contribution in [0.25, 0.3) is 22.6 Å². The molecule has 4 heterocycles. The smallest absolute Gasteiger partial charge is 0.193 e. The van der Waals surface area contributed by atoms with Gasteiger partial charge >= 0.3 is 0 Å². The molecule has 0 aromatic carbocycles. The van der Waals surface area contributed by atoms with Crippen molar-refractivity contribution < 1.29 is 17.7 Å². The van der Waals surface area contributed by atoms with E-state index in [4.69, 9.17) is 9.51 Å². The lowest BCUT2D eigenvalue weighted by molar-refractivity contribution is -0.128. The number of likely N-dealkylation sites (tertiary alicyclic amines) is 1. The van der Waals surface area contributed by atoms with Crippen LogP contribution in [0.2, 0.25) is 0 Å². The van der Waals surface area contributed by atoms with Crippen molar-refractivity contribution in [2.45, 2.75) is 87.2 Å². The molecule has 1 aliphatic heterocycles. The molecule has 1 saturated heterocycles. The van der Waals surface area contributed by atoms with Gasteiger partial charge in [0.1, 0.15) is 5.78 Å². The topological polar surface area (TPSA) is 124 Å². The number of fused-ring (bicyclic) bond motifs is 3. The van der Waals surface area contributed by atoms with E-state index in [0.717, 1.165) is 63.3 Å². The van der Waals surface area contributed by atoms with E-state index in [1.54, 1.807) is 6.20 Å². The number of hydrogen-bond donors (Lipinski definition) is 0. The van der Waals surface area contributed by atoms with Crippen LogP contribution in [0.5, 0.6) is 0 Å². The van der Waals surface area contributed by atoms with Crippen molar-refractivity contribution in [1.82, 2.24) is 29.8 Å². The second-order valence-corrected chi connectivity index (χ2v) is 12.7. The zero-order valence-corrected chi connectivity index (χ0v) is 21.8.